The van der Waals surface area contributed by atoms with E-state index >= 15 is 0 Å². The van der Waals surface area contributed by atoms with E-state index in [-0.39, 0.29) is 23.0 Å². The number of fused-ring (bicyclic) bond motifs is 7. The van der Waals surface area contributed by atoms with Gasteiger partial charge in [0.2, 0.25) is 0 Å². The predicted molar refractivity (Wildman–Crippen MR) is 183 cm³/mol. The van der Waals surface area contributed by atoms with Crippen molar-refractivity contribution in [2.75, 3.05) is 19.8 Å². The number of allylic oxidation sites excluding steroid dienone is 1. The summed E-state index contributed by atoms with van der Waals surface area (Å²) in [4.78, 5) is 0. The number of aliphatic hydroxyl groups excluding tert-OH is 7. The molecular weight excluding hydrogens is 676 g/mol. The molecular formula is C39H62O13. The fourth-order valence-corrected chi connectivity index (χ4v) is 12.6. The zero-order chi connectivity index (χ0) is 36.9. The summed E-state index contributed by atoms with van der Waals surface area (Å²) in [5, 5.41) is 72.7. The van der Waals surface area contributed by atoms with Crippen LogP contribution in [0.4, 0.5) is 0 Å². The van der Waals surface area contributed by atoms with Crippen LogP contribution in [0.5, 0.6) is 0 Å². The van der Waals surface area contributed by atoms with E-state index in [1.54, 1.807) is 0 Å². The Morgan fingerprint density at radius 1 is 0.788 bits per heavy atom. The summed E-state index contributed by atoms with van der Waals surface area (Å²) in [6.45, 7) is 9.20. The molecule has 8 rings (SSSR count). The standard InChI is InChI=1S/C39H62O13/c1-18-7-12-39(47-17-18)19(2)28-25(52-39)14-24-22-6-5-20-13-21(8-10-37(20,3)23(22)9-11-38(24,28)4)48-35-33(46)31(44)34(27(16-41)50-35)51-36-32(45)30(43)29(42)26(15-40)49-36/h5,18-19,21-36,40-46H,6-17H2,1-4H3. The molecule has 0 bridgehead atoms. The molecule has 4 aliphatic heterocycles. The Hall–Kier alpha value is -0.780. The first-order valence-electron chi connectivity index (χ1n) is 20.0. The molecule has 0 aromatic rings. The SMILES string of the molecule is CC1CCC2(OC1)OC1CC3C4CC=C5CC(OC6OC(CO)C(OC7OC(CO)C(O)C(O)C7O)C(O)C6O)CCC5(C)C4CCC3(C)C1C2C. The van der Waals surface area contributed by atoms with E-state index in [1.807, 2.05) is 0 Å². The summed E-state index contributed by atoms with van der Waals surface area (Å²) in [5.41, 5.74) is 1.70. The number of hydrogen-bond acceptors (Lipinski definition) is 13. The van der Waals surface area contributed by atoms with Crippen molar-refractivity contribution in [3.63, 3.8) is 0 Å². The van der Waals surface area contributed by atoms with Crippen molar-refractivity contribution in [2.45, 2.75) is 165 Å². The second-order valence-electron chi connectivity index (χ2n) is 18.3. The lowest BCUT2D eigenvalue weighted by atomic mass is 9.47. The molecule has 52 heavy (non-hydrogen) atoms. The summed E-state index contributed by atoms with van der Waals surface area (Å²) in [5.74, 6) is 2.92. The molecule has 0 aromatic carbocycles. The van der Waals surface area contributed by atoms with Gasteiger partial charge in [0.1, 0.15) is 48.8 Å². The number of ether oxygens (including phenoxy) is 6. The molecule has 0 amide bonds. The van der Waals surface area contributed by atoms with Crippen LogP contribution in [-0.2, 0) is 28.4 Å². The van der Waals surface area contributed by atoms with Crippen molar-refractivity contribution in [2.24, 2.45) is 46.3 Å². The molecule has 21 unspecified atom stereocenters. The Morgan fingerprint density at radius 3 is 2.21 bits per heavy atom. The molecule has 7 N–H and O–H groups in total. The summed E-state index contributed by atoms with van der Waals surface area (Å²) in [7, 11) is 0. The van der Waals surface area contributed by atoms with E-state index in [0.717, 1.165) is 38.7 Å². The van der Waals surface area contributed by atoms with Crippen LogP contribution in [0.15, 0.2) is 11.6 Å². The normalized spacial score (nSPS) is 57.5. The molecule has 8 aliphatic rings. The van der Waals surface area contributed by atoms with Crippen LogP contribution in [0.25, 0.3) is 0 Å². The first-order valence-corrected chi connectivity index (χ1v) is 20.0. The van der Waals surface area contributed by atoms with Gasteiger partial charge < -0.3 is 64.2 Å². The smallest absolute Gasteiger partial charge is 0.187 e. The molecule has 4 saturated heterocycles. The third kappa shape index (κ3) is 5.90. The third-order valence-electron chi connectivity index (χ3n) is 15.6. The highest BCUT2D eigenvalue weighted by Crippen LogP contribution is 2.70. The lowest BCUT2D eigenvalue weighted by Crippen LogP contribution is -2.65. The summed E-state index contributed by atoms with van der Waals surface area (Å²) >= 11 is 0. The average molecular weight is 739 g/mol. The van der Waals surface area contributed by atoms with Gasteiger partial charge >= 0.3 is 0 Å². The van der Waals surface area contributed by atoms with E-state index in [9.17, 15) is 35.7 Å². The van der Waals surface area contributed by atoms with Gasteiger partial charge in [0.15, 0.2) is 18.4 Å². The summed E-state index contributed by atoms with van der Waals surface area (Å²) < 4.78 is 36.9. The van der Waals surface area contributed by atoms with Crippen LogP contribution in [0, 0.1) is 46.3 Å². The monoisotopic (exact) mass is 738 g/mol. The van der Waals surface area contributed by atoms with Gasteiger partial charge in [-0.25, -0.2) is 0 Å². The molecule has 13 nitrogen and oxygen atoms in total. The van der Waals surface area contributed by atoms with Crippen molar-refractivity contribution in [3.8, 4) is 0 Å². The highest BCUT2D eigenvalue weighted by Gasteiger charge is 2.68. The van der Waals surface area contributed by atoms with Crippen LogP contribution in [0.1, 0.15) is 85.5 Å². The Labute approximate surface area is 306 Å². The van der Waals surface area contributed by atoms with E-state index in [1.165, 1.54) is 24.8 Å². The van der Waals surface area contributed by atoms with E-state index in [2.05, 4.69) is 33.8 Å². The van der Waals surface area contributed by atoms with Gasteiger partial charge in [-0.15, -0.1) is 0 Å². The largest absolute Gasteiger partial charge is 0.394 e. The van der Waals surface area contributed by atoms with Gasteiger partial charge in [0.25, 0.3) is 0 Å². The number of rotatable bonds is 6. The maximum Gasteiger partial charge on any atom is 0.187 e. The molecule has 13 heteroatoms. The zero-order valence-corrected chi connectivity index (χ0v) is 31.0. The minimum Gasteiger partial charge on any atom is -0.394 e. The van der Waals surface area contributed by atoms with Gasteiger partial charge in [0, 0.05) is 12.3 Å². The minimum atomic E-state index is -1.72. The second kappa shape index (κ2) is 14.0. The maximum absolute atomic E-state index is 11.1. The zero-order valence-electron chi connectivity index (χ0n) is 31.0. The second-order valence-corrected chi connectivity index (χ2v) is 18.3. The molecule has 296 valence electrons. The van der Waals surface area contributed by atoms with E-state index < -0.39 is 80.4 Å². The number of aliphatic hydroxyl groups is 7. The summed E-state index contributed by atoms with van der Waals surface area (Å²) in [6.07, 6.45) is -3.06. The predicted octanol–water partition coefficient (Wildman–Crippen LogP) is 1.36. The Balaban J connectivity index is 0.913. The van der Waals surface area contributed by atoms with Gasteiger partial charge in [0.05, 0.1) is 32.0 Å². The molecule has 0 aromatic heterocycles. The quantitative estimate of drug-likeness (QED) is 0.193. The minimum absolute atomic E-state index is 0.0572. The lowest BCUT2D eigenvalue weighted by molar-refractivity contribution is -0.363. The van der Waals surface area contributed by atoms with Crippen LogP contribution < -0.4 is 0 Å². The number of hydrogen-bond donors (Lipinski definition) is 7. The summed E-state index contributed by atoms with van der Waals surface area (Å²) in [6, 6.07) is 0. The van der Waals surface area contributed by atoms with E-state index in [0.29, 0.717) is 41.9 Å². The molecule has 0 radical (unpaired) electrons. The van der Waals surface area contributed by atoms with Crippen LogP contribution in [0.3, 0.4) is 0 Å². The Kier molecular flexibility index (Phi) is 10.3. The Bertz CT molecular complexity index is 1320. The fourth-order valence-electron chi connectivity index (χ4n) is 12.6. The maximum atomic E-state index is 11.1. The van der Waals surface area contributed by atoms with Crippen LogP contribution in [-0.4, -0.2) is 135 Å². The first-order chi connectivity index (χ1) is 24.7. The van der Waals surface area contributed by atoms with Gasteiger partial charge in [-0.1, -0.05) is 39.3 Å². The van der Waals surface area contributed by atoms with Crippen molar-refractivity contribution in [1.29, 1.82) is 0 Å². The van der Waals surface area contributed by atoms with Crippen molar-refractivity contribution >= 4 is 0 Å². The third-order valence-corrected chi connectivity index (χ3v) is 15.6. The lowest BCUT2D eigenvalue weighted by Gasteiger charge is -2.58. The highest BCUT2D eigenvalue weighted by molar-refractivity contribution is 5.26. The molecule has 4 aliphatic carbocycles. The molecule has 21 atom stereocenters. The van der Waals surface area contributed by atoms with Crippen molar-refractivity contribution < 1.29 is 64.2 Å². The first kappa shape index (κ1) is 38.1. The van der Waals surface area contributed by atoms with Gasteiger partial charge in [-0.3, -0.25) is 0 Å². The highest BCUT2D eigenvalue weighted by atomic mass is 16.7. The fraction of sp³-hybridized carbons (Fsp3) is 0.949. The topological polar surface area (TPSA) is 197 Å². The van der Waals surface area contributed by atoms with Gasteiger partial charge in [-0.05, 0) is 91.8 Å². The molecule has 4 heterocycles. The molecule has 7 fully saturated rings. The average Bonchev–Trinajstić information content (AvgIpc) is 3.58. The molecule has 1 spiro atoms. The van der Waals surface area contributed by atoms with Crippen LogP contribution in [0.2, 0.25) is 0 Å². The van der Waals surface area contributed by atoms with Crippen molar-refractivity contribution in [1.82, 2.24) is 0 Å². The van der Waals surface area contributed by atoms with E-state index in [4.69, 9.17) is 28.4 Å². The van der Waals surface area contributed by atoms with Gasteiger partial charge in [-0.2, -0.15) is 0 Å². The van der Waals surface area contributed by atoms with Crippen LogP contribution >= 0.6 is 0 Å². The van der Waals surface area contributed by atoms with Crippen molar-refractivity contribution in [3.05, 3.63) is 11.6 Å². The Morgan fingerprint density at radius 2 is 1.50 bits per heavy atom. The molecule has 3 saturated carbocycles.